The van der Waals surface area contributed by atoms with Crippen molar-refractivity contribution in [3.8, 4) is 11.4 Å². The average molecular weight is 272 g/mol. The molecule has 0 radical (unpaired) electrons. The van der Waals surface area contributed by atoms with Crippen molar-refractivity contribution < 1.29 is 5.21 Å². The number of tetrazole rings is 1. The number of aromatic nitrogens is 4. The van der Waals surface area contributed by atoms with Gasteiger partial charge < -0.3 is 10.9 Å². The normalized spacial score (nSPS) is 17.1. The molecule has 1 fully saturated rings. The maximum atomic E-state index is 8.66. The van der Waals surface area contributed by atoms with Crippen LogP contribution in [0.2, 0.25) is 0 Å². The monoisotopic (exact) mass is 272 g/mol. The Balaban J connectivity index is 1.72. The van der Waals surface area contributed by atoms with Crippen LogP contribution in [0.25, 0.3) is 11.4 Å². The van der Waals surface area contributed by atoms with E-state index in [-0.39, 0.29) is 11.3 Å². The van der Waals surface area contributed by atoms with E-state index in [1.807, 2.05) is 30.3 Å². The molecular weight excluding hydrogens is 256 g/mol. The van der Waals surface area contributed by atoms with Crippen molar-refractivity contribution in [3.05, 3.63) is 30.3 Å². The van der Waals surface area contributed by atoms with Crippen LogP contribution >= 0.6 is 0 Å². The highest BCUT2D eigenvalue weighted by molar-refractivity contribution is 5.80. The first-order valence-electron chi connectivity index (χ1n) is 6.50. The second kappa shape index (κ2) is 4.92. The molecule has 1 heterocycles. The fraction of sp³-hybridized carbons (Fsp3) is 0.385. The topological polar surface area (TPSA) is 102 Å². The minimum Gasteiger partial charge on any atom is -0.409 e. The summed E-state index contributed by atoms with van der Waals surface area (Å²) in [7, 11) is 0. The second-order valence-corrected chi connectivity index (χ2v) is 5.28. The molecule has 1 aliphatic rings. The lowest BCUT2D eigenvalue weighted by atomic mass is 10.0. The van der Waals surface area contributed by atoms with Crippen LogP contribution in [-0.2, 0) is 6.54 Å². The van der Waals surface area contributed by atoms with Crippen molar-refractivity contribution in [2.24, 2.45) is 16.3 Å². The molecule has 1 saturated carbocycles. The lowest BCUT2D eigenvalue weighted by molar-refractivity contribution is 0.310. The van der Waals surface area contributed by atoms with Gasteiger partial charge in [0.15, 0.2) is 0 Å². The second-order valence-electron chi connectivity index (χ2n) is 5.28. The highest BCUT2D eigenvalue weighted by Gasteiger charge is 2.44. The van der Waals surface area contributed by atoms with Crippen LogP contribution in [0.3, 0.4) is 0 Å². The zero-order valence-electron chi connectivity index (χ0n) is 11.0. The van der Waals surface area contributed by atoms with E-state index >= 15 is 0 Å². The van der Waals surface area contributed by atoms with E-state index in [4.69, 9.17) is 10.9 Å². The Bertz CT molecular complexity index is 617. The summed E-state index contributed by atoms with van der Waals surface area (Å²) in [6, 6.07) is 9.73. The Morgan fingerprint density at radius 3 is 2.75 bits per heavy atom. The van der Waals surface area contributed by atoms with Crippen molar-refractivity contribution in [1.29, 1.82) is 0 Å². The molecule has 0 unspecified atom stereocenters. The zero-order chi connectivity index (χ0) is 14.0. The molecule has 0 spiro atoms. The van der Waals surface area contributed by atoms with Crippen LogP contribution in [0.4, 0.5) is 0 Å². The van der Waals surface area contributed by atoms with Gasteiger partial charge in [-0.3, -0.25) is 0 Å². The number of nitrogens with zero attached hydrogens (tertiary/aromatic N) is 5. The van der Waals surface area contributed by atoms with E-state index in [9.17, 15) is 0 Å². The molecule has 1 aliphatic carbocycles. The summed E-state index contributed by atoms with van der Waals surface area (Å²) < 4.78 is 0. The molecule has 0 amide bonds. The summed E-state index contributed by atoms with van der Waals surface area (Å²) in [5.41, 5.74) is 6.55. The molecule has 0 saturated heterocycles. The fourth-order valence-electron chi connectivity index (χ4n) is 2.30. The van der Waals surface area contributed by atoms with Gasteiger partial charge in [-0.15, -0.1) is 10.2 Å². The van der Waals surface area contributed by atoms with Crippen LogP contribution in [-0.4, -0.2) is 31.3 Å². The summed E-state index contributed by atoms with van der Waals surface area (Å²) in [4.78, 5) is 1.60. The van der Waals surface area contributed by atoms with E-state index in [1.165, 1.54) is 0 Å². The number of nitrogens with two attached hydrogens (primary N) is 1. The Hall–Kier alpha value is -2.44. The maximum absolute atomic E-state index is 8.66. The summed E-state index contributed by atoms with van der Waals surface area (Å²) in [5, 5.41) is 24.2. The molecular formula is C13H16N6O. The number of oxime groups is 1. The van der Waals surface area contributed by atoms with Gasteiger partial charge in [-0.25, -0.2) is 0 Å². The smallest absolute Gasteiger partial charge is 0.204 e. The van der Waals surface area contributed by atoms with Gasteiger partial charge in [0, 0.05) is 12.0 Å². The lowest BCUT2D eigenvalue weighted by Gasteiger charge is -2.12. The average Bonchev–Trinajstić information content (AvgIpc) is 3.06. The number of rotatable bonds is 5. The molecule has 104 valence electrons. The third kappa shape index (κ3) is 2.61. The Labute approximate surface area is 116 Å². The largest absolute Gasteiger partial charge is 0.409 e. The maximum Gasteiger partial charge on any atom is 0.204 e. The predicted octanol–water partition coefficient (Wildman–Crippen LogP) is 1.26. The van der Waals surface area contributed by atoms with Gasteiger partial charge in [0.1, 0.15) is 5.84 Å². The summed E-state index contributed by atoms with van der Waals surface area (Å²) >= 11 is 0. The highest BCUT2D eigenvalue weighted by Crippen LogP contribution is 2.49. The Morgan fingerprint density at radius 2 is 2.10 bits per heavy atom. The number of hydrogen-bond acceptors (Lipinski definition) is 5. The standard InChI is InChI=1S/C13H16N6O/c14-11(17-20)8-13(6-7-13)9-19-16-12(15-18-19)10-4-2-1-3-5-10/h1-5,20H,6-9H2,(H2,14,17). The SMILES string of the molecule is NC(CC1(Cn2nnc(-c3ccccc3)n2)CC1)=NO. The van der Waals surface area contributed by atoms with Gasteiger partial charge in [-0.2, -0.15) is 4.80 Å². The van der Waals surface area contributed by atoms with Gasteiger partial charge >= 0.3 is 0 Å². The molecule has 2 aromatic rings. The zero-order valence-corrected chi connectivity index (χ0v) is 11.0. The molecule has 1 aromatic heterocycles. The third-order valence-electron chi connectivity index (χ3n) is 3.60. The molecule has 1 aromatic carbocycles. The number of hydrogen-bond donors (Lipinski definition) is 2. The fourth-order valence-corrected chi connectivity index (χ4v) is 2.30. The van der Waals surface area contributed by atoms with Crippen molar-refractivity contribution in [3.63, 3.8) is 0 Å². The Morgan fingerprint density at radius 1 is 1.35 bits per heavy atom. The third-order valence-corrected chi connectivity index (χ3v) is 3.60. The number of amidine groups is 1. The Kier molecular flexibility index (Phi) is 3.09. The first-order valence-corrected chi connectivity index (χ1v) is 6.50. The van der Waals surface area contributed by atoms with E-state index in [1.54, 1.807) is 4.80 Å². The van der Waals surface area contributed by atoms with Crippen molar-refractivity contribution in [2.45, 2.75) is 25.8 Å². The first-order chi connectivity index (χ1) is 9.71. The number of benzene rings is 1. The molecule has 3 N–H and O–H groups in total. The summed E-state index contributed by atoms with van der Waals surface area (Å²) in [6.45, 7) is 0.642. The van der Waals surface area contributed by atoms with Crippen molar-refractivity contribution >= 4 is 5.84 Å². The lowest BCUT2D eigenvalue weighted by Crippen LogP contribution is -2.22. The molecule has 0 aliphatic heterocycles. The molecule has 20 heavy (non-hydrogen) atoms. The van der Waals surface area contributed by atoms with Gasteiger partial charge in [-0.05, 0) is 23.5 Å². The van der Waals surface area contributed by atoms with Crippen molar-refractivity contribution in [1.82, 2.24) is 20.2 Å². The molecule has 0 atom stereocenters. The summed E-state index contributed by atoms with van der Waals surface area (Å²) in [5.74, 6) is 0.871. The highest BCUT2D eigenvalue weighted by atomic mass is 16.4. The minimum absolute atomic E-state index is 0.0188. The molecule has 3 rings (SSSR count). The van der Waals surface area contributed by atoms with Crippen molar-refractivity contribution in [2.75, 3.05) is 0 Å². The van der Waals surface area contributed by atoms with Gasteiger partial charge in [0.05, 0.1) is 6.54 Å². The predicted molar refractivity (Wildman–Crippen MR) is 72.9 cm³/mol. The van der Waals surface area contributed by atoms with E-state index in [0.29, 0.717) is 18.8 Å². The van der Waals surface area contributed by atoms with E-state index < -0.39 is 0 Å². The molecule has 7 heteroatoms. The van der Waals surface area contributed by atoms with Crippen LogP contribution in [0.5, 0.6) is 0 Å². The quantitative estimate of drug-likeness (QED) is 0.369. The first kappa shape index (κ1) is 12.6. The van der Waals surface area contributed by atoms with E-state index in [0.717, 1.165) is 18.4 Å². The van der Waals surface area contributed by atoms with Gasteiger partial charge in [0.25, 0.3) is 0 Å². The van der Waals surface area contributed by atoms with Gasteiger partial charge in [0.2, 0.25) is 5.82 Å². The van der Waals surface area contributed by atoms with Crippen LogP contribution in [0.1, 0.15) is 19.3 Å². The van der Waals surface area contributed by atoms with Crippen LogP contribution in [0, 0.1) is 5.41 Å². The summed E-state index contributed by atoms with van der Waals surface area (Å²) in [6.07, 6.45) is 2.63. The van der Waals surface area contributed by atoms with E-state index in [2.05, 4.69) is 20.6 Å². The van der Waals surface area contributed by atoms with Crippen LogP contribution < -0.4 is 5.73 Å². The van der Waals surface area contributed by atoms with Crippen LogP contribution in [0.15, 0.2) is 35.5 Å². The molecule has 7 nitrogen and oxygen atoms in total. The van der Waals surface area contributed by atoms with Gasteiger partial charge in [-0.1, -0.05) is 35.5 Å². The minimum atomic E-state index is 0.0188. The molecule has 0 bridgehead atoms.